The Morgan fingerprint density at radius 2 is 2.11 bits per heavy atom. The molecule has 190 valence electrons. The van der Waals surface area contributed by atoms with Crippen LogP contribution in [-0.4, -0.2) is 58.9 Å². The van der Waals surface area contributed by atoms with E-state index in [0.717, 1.165) is 38.8 Å². The summed E-state index contributed by atoms with van der Waals surface area (Å²) in [5, 5.41) is 19.0. The summed E-state index contributed by atoms with van der Waals surface area (Å²) in [5.74, 6) is -1.47. The highest BCUT2D eigenvalue weighted by atomic mass is 19.1. The summed E-state index contributed by atoms with van der Waals surface area (Å²) in [6.07, 6.45) is 2.09. The van der Waals surface area contributed by atoms with E-state index in [2.05, 4.69) is 28.6 Å². The largest absolute Gasteiger partial charge is 0.494 e. The van der Waals surface area contributed by atoms with E-state index in [0.29, 0.717) is 13.0 Å². The molecule has 3 heterocycles. The van der Waals surface area contributed by atoms with Gasteiger partial charge < -0.3 is 23.9 Å². The second-order valence-corrected chi connectivity index (χ2v) is 10.3. The number of nitrogens with one attached hydrogen (secondary N) is 1. The van der Waals surface area contributed by atoms with Gasteiger partial charge in [0, 0.05) is 46.7 Å². The summed E-state index contributed by atoms with van der Waals surface area (Å²) in [4.78, 5) is 12.0. The van der Waals surface area contributed by atoms with Crippen molar-refractivity contribution in [3.05, 3.63) is 53.6 Å². The van der Waals surface area contributed by atoms with Gasteiger partial charge in [-0.05, 0) is 43.2 Å². The van der Waals surface area contributed by atoms with Crippen LogP contribution in [0.1, 0.15) is 44.4 Å². The Labute approximate surface area is 208 Å². The van der Waals surface area contributed by atoms with E-state index < -0.39 is 22.8 Å². The summed E-state index contributed by atoms with van der Waals surface area (Å²) in [6, 6.07) is 8.89. The molecule has 2 atom stereocenters. The van der Waals surface area contributed by atoms with Crippen LogP contribution in [0.15, 0.2) is 36.5 Å². The average Bonchev–Trinajstić information content (AvgIpc) is 3.53. The van der Waals surface area contributed by atoms with Gasteiger partial charge in [-0.3, -0.25) is 5.10 Å². The van der Waals surface area contributed by atoms with Gasteiger partial charge in [0.25, 0.3) is 0 Å². The zero-order chi connectivity index (χ0) is 25.8. The molecule has 0 radical (unpaired) electrons. The van der Waals surface area contributed by atoms with Crippen molar-refractivity contribution in [1.82, 2.24) is 14.8 Å². The van der Waals surface area contributed by atoms with Crippen LogP contribution < -0.4 is 4.74 Å². The fourth-order valence-electron chi connectivity index (χ4n) is 5.52. The molecule has 2 aromatic heterocycles. The van der Waals surface area contributed by atoms with Crippen molar-refractivity contribution in [3.8, 4) is 11.4 Å². The maximum atomic E-state index is 14.4. The number of carboxylic acids is 1. The molecular formula is C27H30FN3O5. The second-order valence-electron chi connectivity index (χ2n) is 10.3. The lowest BCUT2D eigenvalue weighted by Crippen LogP contribution is -2.34. The number of carboxylic acid groups (broad SMARTS) is 1. The molecule has 1 fully saturated rings. The van der Waals surface area contributed by atoms with E-state index in [9.17, 15) is 14.3 Å². The number of ether oxygens (including phenoxy) is 3. The van der Waals surface area contributed by atoms with Crippen molar-refractivity contribution in [1.29, 1.82) is 0 Å². The number of nitrogens with zero attached hydrogens (tertiary/aromatic N) is 2. The Morgan fingerprint density at radius 1 is 1.33 bits per heavy atom. The fraction of sp³-hybridized carbons (Fsp3) is 0.407. The van der Waals surface area contributed by atoms with Gasteiger partial charge in [-0.2, -0.15) is 5.10 Å². The Balaban J connectivity index is 1.88. The molecule has 0 amide bonds. The number of halogens is 1. The number of aromatic amines is 1. The third-order valence-electron chi connectivity index (χ3n) is 7.21. The first-order chi connectivity index (χ1) is 17.1. The first-order valence-corrected chi connectivity index (χ1v) is 11.8. The predicted molar refractivity (Wildman–Crippen MR) is 134 cm³/mol. The molecule has 0 bridgehead atoms. The lowest BCUT2D eigenvalue weighted by atomic mass is 9.81. The van der Waals surface area contributed by atoms with Crippen LogP contribution in [0.5, 0.6) is 5.75 Å². The van der Waals surface area contributed by atoms with Crippen molar-refractivity contribution in [2.24, 2.45) is 0 Å². The smallest absolute Gasteiger partial charge is 0.335 e. The number of hydrogen-bond acceptors (Lipinski definition) is 5. The van der Waals surface area contributed by atoms with Crippen LogP contribution in [0.4, 0.5) is 4.39 Å². The highest BCUT2D eigenvalue weighted by Crippen LogP contribution is 2.47. The lowest BCUT2D eigenvalue weighted by molar-refractivity contribution is -0.157. The number of aromatic nitrogens is 3. The predicted octanol–water partition coefficient (Wildman–Crippen LogP) is 4.93. The Kier molecular flexibility index (Phi) is 5.80. The van der Waals surface area contributed by atoms with E-state index in [4.69, 9.17) is 14.2 Å². The molecule has 0 saturated carbocycles. The third-order valence-corrected chi connectivity index (χ3v) is 7.21. The lowest BCUT2D eigenvalue weighted by Gasteiger charge is -2.29. The fourth-order valence-corrected chi connectivity index (χ4v) is 5.52. The van der Waals surface area contributed by atoms with Crippen molar-refractivity contribution in [3.63, 3.8) is 0 Å². The summed E-state index contributed by atoms with van der Waals surface area (Å²) in [5.41, 5.74) is 2.68. The zero-order valence-corrected chi connectivity index (χ0v) is 21.0. The van der Waals surface area contributed by atoms with Gasteiger partial charge >= 0.3 is 5.97 Å². The highest BCUT2D eigenvalue weighted by molar-refractivity contribution is 5.99. The molecular weight excluding hydrogens is 465 g/mol. The third kappa shape index (κ3) is 3.74. The minimum Gasteiger partial charge on any atom is -0.494 e. The van der Waals surface area contributed by atoms with E-state index >= 15 is 0 Å². The SMILES string of the molecule is COCC(C)(C)c1c([C@H]2CO[C@](C)(C(=O)O)C2)c2cc3[nH]ncc3cc2n1-c1ccc(F)c(OC)c1. The Hall–Kier alpha value is -3.43. The maximum Gasteiger partial charge on any atom is 0.335 e. The van der Waals surface area contributed by atoms with Crippen LogP contribution >= 0.6 is 0 Å². The van der Waals surface area contributed by atoms with Gasteiger partial charge in [0.1, 0.15) is 0 Å². The van der Waals surface area contributed by atoms with Crippen molar-refractivity contribution < 1.29 is 28.5 Å². The van der Waals surface area contributed by atoms with Crippen LogP contribution in [0, 0.1) is 5.82 Å². The van der Waals surface area contributed by atoms with E-state index in [1.165, 1.54) is 13.2 Å². The molecule has 0 spiro atoms. The number of H-pyrrole nitrogens is 1. The molecule has 5 rings (SSSR count). The number of benzene rings is 2. The molecule has 1 aliphatic heterocycles. The number of rotatable bonds is 7. The number of fused-ring (bicyclic) bond motifs is 2. The molecule has 1 aliphatic rings. The van der Waals surface area contributed by atoms with Crippen LogP contribution in [0.3, 0.4) is 0 Å². The summed E-state index contributed by atoms with van der Waals surface area (Å²) >= 11 is 0. The molecule has 9 heteroatoms. The highest BCUT2D eigenvalue weighted by Gasteiger charge is 2.46. The van der Waals surface area contributed by atoms with Crippen LogP contribution in [0.25, 0.3) is 27.5 Å². The first-order valence-electron chi connectivity index (χ1n) is 11.8. The number of carbonyl (C=O) groups is 1. The molecule has 1 saturated heterocycles. The summed E-state index contributed by atoms with van der Waals surface area (Å²) < 4.78 is 33.3. The molecule has 2 N–H and O–H groups in total. The number of aliphatic carboxylic acids is 1. The molecule has 8 nitrogen and oxygen atoms in total. The van der Waals surface area contributed by atoms with Gasteiger partial charge in [-0.15, -0.1) is 0 Å². The molecule has 2 aromatic carbocycles. The van der Waals surface area contributed by atoms with Crippen LogP contribution in [-0.2, 0) is 19.7 Å². The van der Waals surface area contributed by atoms with Gasteiger partial charge in [-0.25, -0.2) is 9.18 Å². The second kappa shape index (κ2) is 8.60. The Bertz CT molecular complexity index is 1470. The normalized spacial score (nSPS) is 20.4. The Morgan fingerprint density at radius 3 is 2.78 bits per heavy atom. The van der Waals surface area contributed by atoms with Gasteiger partial charge in [0.2, 0.25) is 0 Å². The van der Waals surface area contributed by atoms with Gasteiger partial charge in [0.05, 0.1) is 37.6 Å². The minimum atomic E-state index is -1.28. The summed E-state index contributed by atoms with van der Waals surface area (Å²) in [6.45, 7) is 6.48. The summed E-state index contributed by atoms with van der Waals surface area (Å²) in [7, 11) is 3.10. The topological polar surface area (TPSA) is 98.6 Å². The maximum absolute atomic E-state index is 14.4. The number of hydrogen-bond donors (Lipinski definition) is 2. The minimum absolute atomic E-state index is 0.137. The molecule has 0 unspecified atom stereocenters. The van der Waals surface area contributed by atoms with Crippen molar-refractivity contribution in [2.45, 2.75) is 44.1 Å². The monoisotopic (exact) mass is 495 g/mol. The van der Waals surface area contributed by atoms with Crippen molar-refractivity contribution in [2.75, 3.05) is 27.4 Å². The van der Waals surface area contributed by atoms with E-state index in [1.54, 1.807) is 32.4 Å². The van der Waals surface area contributed by atoms with E-state index in [-0.39, 0.29) is 18.3 Å². The number of methoxy groups -OCH3 is 2. The molecule has 36 heavy (non-hydrogen) atoms. The van der Waals surface area contributed by atoms with Gasteiger partial charge in [0.15, 0.2) is 17.2 Å². The average molecular weight is 496 g/mol. The van der Waals surface area contributed by atoms with E-state index in [1.807, 2.05) is 12.1 Å². The van der Waals surface area contributed by atoms with Crippen molar-refractivity contribution >= 4 is 27.8 Å². The van der Waals surface area contributed by atoms with Crippen LogP contribution in [0.2, 0.25) is 0 Å². The first kappa shape index (κ1) is 24.3. The zero-order valence-electron chi connectivity index (χ0n) is 21.0. The van der Waals surface area contributed by atoms with Gasteiger partial charge in [-0.1, -0.05) is 13.8 Å². The quantitative estimate of drug-likeness (QED) is 0.377. The molecule has 4 aromatic rings. The standard InChI is InChI=1S/C27H30FN3O5/c1-26(2,14-34-4)24-23(16-11-27(3,25(32)33)36-13-16)18-10-20-15(12-29-30-20)8-21(18)31(24)17-6-7-19(28)22(9-17)35-5/h6-10,12,16H,11,13-14H2,1-5H3,(H,29,30)(H,32,33)/t16-,27+/m1/s1. The molecule has 0 aliphatic carbocycles.